The molecule has 0 aliphatic heterocycles. The number of carbonyl (C=O) groups is 1. The predicted molar refractivity (Wildman–Crippen MR) is 66.1 cm³/mol. The summed E-state index contributed by atoms with van der Waals surface area (Å²) in [4.78, 5) is 13.7. The lowest BCUT2D eigenvalue weighted by Gasteiger charge is -2.25. The minimum atomic E-state index is -0.326. The first kappa shape index (κ1) is 13.1. The third kappa shape index (κ3) is 3.00. The third-order valence-corrected chi connectivity index (χ3v) is 2.42. The number of hydrogen-bond acceptors (Lipinski definition) is 3. The van der Waals surface area contributed by atoms with Crippen LogP contribution in [0.1, 0.15) is 24.2 Å². The average molecular weight is 235 g/mol. The lowest BCUT2D eigenvalue weighted by atomic mass is 10.1. The molecule has 92 valence electrons. The lowest BCUT2D eigenvalue weighted by molar-refractivity contribution is 0.0725. The normalized spacial score (nSPS) is 10.3. The highest BCUT2D eigenvalue weighted by atomic mass is 16.3. The van der Waals surface area contributed by atoms with E-state index in [0.717, 1.165) is 0 Å². The molecular formula is C13H17NO3. The first-order valence-corrected chi connectivity index (χ1v) is 5.41. The van der Waals surface area contributed by atoms with Gasteiger partial charge in [0, 0.05) is 12.6 Å². The number of phenolic OH excluding ortho intramolecular Hbond substituents is 2. The molecule has 1 rings (SSSR count). The second-order valence-corrected chi connectivity index (χ2v) is 4.04. The van der Waals surface area contributed by atoms with Gasteiger partial charge in [0.25, 0.3) is 5.91 Å². The fourth-order valence-electron chi connectivity index (χ4n) is 1.52. The highest BCUT2D eigenvalue weighted by molar-refractivity contribution is 5.97. The van der Waals surface area contributed by atoms with E-state index in [2.05, 4.69) is 6.58 Å². The van der Waals surface area contributed by atoms with Crippen LogP contribution in [0.2, 0.25) is 0 Å². The van der Waals surface area contributed by atoms with E-state index >= 15 is 0 Å². The molecule has 0 fully saturated rings. The highest BCUT2D eigenvalue weighted by Gasteiger charge is 2.20. The van der Waals surface area contributed by atoms with Crippen LogP contribution in [0.25, 0.3) is 0 Å². The van der Waals surface area contributed by atoms with Crippen molar-refractivity contribution >= 4 is 5.91 Å². The summed E-state index contributed by atoms with van der Waals surface area (Å²) in [5.41, 5.74) is 0.0977. The molecule has 0 bridgehead atoms. The van der Waals surface area contributed by atoms with Gasteiger partial charge in [-0.2, -0.15) is 0 Å². The fourth-order valence-corrected chi connectivity index (χ4v) is 1.52. The van der Waals surface area contributed by atoms with Gasteiger partial charge in [-0.3, -0.25) is 4.79 Å². The minimum Gasteiger partial charge on any atom is -0.508 e. The van der Waals surface area contributed by atoms with Gasteiger partial charge in [0.2, 0.25) is 0 Å². The molecule has 0 spiro atoms. The van der Waals surface area contributed by atoms with E-state index in [1.807, 2.05) is 13.8 Å². The quantitative estimate of drug-likeness (QED) is 0.621. The van der Waals surface area contributed by atoms with E-state index in [-0.39, 0.29) is 29.0 Å². The number of carbonyl (C=O) groups excluding carboxylic acids is 1. The van der Waals surface area contributed by atoms with Crippen LogP contribution in [0.15, 0.2) is 30.9 Å². The molecule has 4 heteroatoms. The van der Waals surface area contributed by atoms with Crippen molar-refractivity contribution in [2.24, 2.45) is 0 Å². The Bertz CT molecular complexity index is 427. The largest absolute Gasteiger partial charge is 0.508 e. The molecule has 0 saturated carbocycles. The maximum Gasteiger partial charge on any atom is 0.258 e. The predicted octanol–water partition coefficient (Wildman–Crippen LogP) is 2.13. The Hall–Kier alpha value is -1.97. The molecule has 0 heterocycles. The summed E-state index contributed by atoms with van der Waals surface area (Å²) in [6.45, 7) is 7.74. The first-order chi connectivity index (χ1) is 7.97. The molecule has 1 amide bonds. The van der Waals surface area contributed by atoms with Crippen LogP contribution in [0, 0.1) is 0 Å². The smallest absolute Gasteiger partial charge is 0.258 e. The number of phenols is 2. The Morgan fingerprint density at radius 3 is 2.65 bits per heavy atom. The third-order valence-electron chi connectivity index (χ3n) is 2.42. The molecule has 0 aliphatic rings. The molecule has 0 saturated heterocycles. The van der Waals surface area contributed by atoms with Crippen LogP contribution in [-0.4, -0.2) is 33.6 Å². The summed E-state index contributed by atoms with van der Waals surface area (Å²) < 4.78 is 0. The number of benzene rings is 1. The molecule has 1 aromatic carbocycles. The van der Waals surface area contributed by atoms with Crippen LogP contribution < -0.4 is 0 Å². The first-order valence-electron chi connectivity index (χ1n) is 5.41. The minimum absolute atomic E-state index is 0.0118. The highest BCUT2D eigenvalue weighted by Crippen LogP contribution is 2.24. The Morgan fingerprint density at radius 2 is 2.12 bits per heavy atom. The SMILES string of the molecule is C=CCN(C(=O)c1cc(O)ccc1O)C(C)C. The second kappa shape index (κ2) is 5.39. The van der Waals surface area contributed by atoms with Gasteiger partial charge in [-0.25, -0.2) is 0 Å². The summed E-state index contributed by atoms with van der Waals surface area (Å²) in [7, 11) is 0. The van der Waals surface area contributed by atoms with Crippen LogP contribution >= 0.6 is 0 Å². The maximum absolute atomic E-state index is 12.2. The summed E-state index contributed by atoms with van der Waals surface area (Å²) in [6.07, 6.45) is 1.62. The second-order valence-electron chi connectivity index (χ2n) is 4.04. The Morgan fingerprint density at radius 1 is 1.47 bits per heavy atom. The molecule has 0 radical (unpaired) electrons. The Balaban J connectivity index is 3.08. The molecule has 0 atom stereocenters. The molecule has 0 unspecified atom stereocenters. The van der Waals surface area contributed by atoms with Crippen molar-refractivity contribution in [3.8, 4) is 11.5 Å². The number of rotatable bonds is 4. The van der Waals surface area contributed by atoms with Crippen molar-refractivity contribution in [1.29, 1.82) is 0 Å². The van der Waals surface area contributed by atoms with Gasteiger partial charge < -0.3 is 15.1 Å². The monoisotopic (exact) mass is 235 g/mol. The van der Waals surface area contributed by atoms with E-state index in [0.29, 0.717) is 6.54 Å². The average Bonchev–Trinajstić information content (AvgIpc) is 2.28. The van der Waals surface area contributed by atoms with Crippen LogP contribution in [0.5, 0.6) is 11.5 Å². The van der Waals surface area contributed by atoms with Crippen LogP contribution in [-0.2, 0) is 0 Å². The molecule has 1 aromatic rings. The van der Waals surface area contributed by atoms with Gasteiger partial charge >= 0.3 is 0 Å². The van der Waals surface area contributed by atoms with E-state index in [1.54, 1.807) is 11.0 Å². The van der Waals surface area contributed by atoms with Crippen molar-refractivity contribution in [3.63, 3.8) is 0 Å². The Kier molecular flexibility index (Phi) is 4.15. The van der Waals surface area contributed by atoms with E-state index in [4.69, 9.17) is 0 Å². The van der Waals surface area contributed by atoms with Crippen LogP contribution in [0.4, 0.5) is 0 Å². The van der Waals surface area contributed by atoms with Crippen molar-refractivity contribution in [3.05, 3.63) is 36.4 Å². The van der Waals surface area contributed by atoms with Gasteiger partial charge in [0.1, 0.15) is 11.5 Å². The molecule has 2 N–H and O–H groups in total. The van der Waals surface area contributed by atoms with E-state index in [1.165, 1.54) is 18.2 Å². The number of aromatic hydroxyl groups is 2. The topological polar surface area (TPSA) is 60.8 Å². The molecule has 17 heavy (non-hydrogen) atoms. The molecule has 0 aliphatic carbocycles. The van der Waals surface area contributed by atoms with Crippen molar-refractivity contribution in [2.45, 2.75) is 19.9 Å². The van der Waals surface area contributed by atoms with E-state index < -0.39 is 0 Å². The number of nitrogens with zero attached hydrogens (tertiary/aromatic N) is 1. The van der Waals surface area contributed by atoms with Gasteiger partial charge in [0.15, 0.2) is 0 Å². The fraction of sp³-hybridized carbons (Fsp3) is 0.308. The van der Waals surface area contributed by atoms with E-state index in [9.17, 15) is 15.0 Å². The lowest BCUT2D eigenvalue weighted by Crippen LogP contribution is -2.37. The van der Waals surface area contributed by atoms with Crippen molar-refractivity contribution in [2.75, 3.05) is 6.54 Å². The summed E-state index contributed by atoms with van der Waals surface area (Å²) in [5.74, 6) is -0.510. The van der Waals surface area contributed by atoms with Gasteiger partial charge in [-0.15, -0.1) is 6.58 Å². The van der Waals surface area contributed by atoms with Crippen LogP contribution in [0.3, 0.4) is 0 Å². The number of hydrogen-bond donors (Lipinski definition) is 2. The van der Waals surface area contributed by atoms with Gasteiger partial charge in [-0.05, 0) is 32.0 Å². The van der Waals surface area contributed by atoms with Gasteiger partial charge in [0.05, 0.1) is 5.56 Å². The molecule has 4 nitrogen and oxygen atoms in total. The molecule has 0 aromatic heterocycles. The zero-order valence-corrected chi connectivity index (χ0v) is 10.1. The molecular weight excluding hydrogens is 218 g/mol. The summed E-state index contributed by atoms with van der Waals surface area (Å²) in [6, 6.07) is 3.88. The zero-order valence-electron chi connectivity index (χ0n) is 10.1. The van der Waals surface area contributed by atoms with Gasteiger partial charge in [-0.1, -0.05) is 6.08 Å². The summed E-state index contributed by atoms with van der Waals surface area (Å²) >= 11 is 0. The van der Waals surface area contributed by atoms with Crippen molar-refractivity contribution in [1.82, 2.24) is 4.90 Å². The van der Waals surface area contributed by atoms with Crippen molar-refractivity contribution < 1.29 is 15.0 Å². The maximum atomic E-state index is 12.2. The zero-order chi connectivity index (χ0) is 13.0. The summed E-state index contributed by atoms with van der Waals surface area (Å²) in [5, 5.41) is 19.0. The Labute approximate surface area is 101 Å². The standard InChI is InChI=1S/C13H17NO3/c1-4-7-14(9(2)3)13(17)11-8-10(15)5-6-12(11)16/h4-6,8-9,15-16H,1,7H2,2-3H3. The number of amides is 1.